The van der Waals surface area contributed by atoms with E-state index in [-0.39, 0.29) is 6.04 Å². The molecule has 1 aliphatic heterocycles. The second-order valence-electron chi connectivity index (χ2n) is 4.55. The summed E-state index contributed by atoms with van der Waals surface area (Å²) in [6.07, 6.45) is 0. The van der Waals surface area contributed by atoms with Crippen molar-refractivity contribution in [2.24, 2.45) is 16.6 Å². The minimum atomic E-state index is 0.270. The van der Waals surface area contributed by atoms with E-state index in [2.05, 4.69) is 32.7 Å². The highest BCUT2D eigenvalue weighted by molar-refractivity contribution is 9.10. The Hall–Kier alpha value is -1.07. The van der Waals surface area contributed by atoms with Gasteiger partial charge in [-0.1, -0.05) is 22.9 Å². The van der Waals surface area contributed by atoms with Crippen LogP contribution in [0.1, 0.15) is 6.92 Å². The molecule has 18 heavy (non-hydrogen) atoms. The van der Waals surface area contributed by atoms with E-state index in [0.717, 1.165) is 16.7 Å². The van der Waals surface area contributed by atoms with Crippen LogP contribution in [-0.2, 0) is 4.74 Å². The fourth-order valence-corrected chi connectivity index (χ4v) is 2.51. The van der Waals surface area contributed by atoms with E-state index >= 15 is 0 Å². The minimum Gasteiger partial charge on any atom is -0.384 e. The quantitative estimate of drug-likeness (QED) is 0.927. The minimum absolute atomic E-state index is 0.270. The van der Waals surface area contributed by atoms with Gasteiger partial charge in [-0.05, 0) is 24.3 Å². The lowest BCUT2D eigenvalue weighted by atomic mass is 10.0. The molecule has 2 rings (SSSR count). The van der Waals surface area contributed by atoms with Gasteiger partial charge in [0.2, 0.25) is 0 Å². The van der Waals surface area contributed by atoms with Crippen LogP contribution in [0.25, 0.3) is 0 Å². The molecule has 1 aromatic rings. The van der Waals surface area contributed by atoms with E-state index in [9.17, 15) is 0 Å². The highest BCUT2D eigenvalue weighted by Gasteiger charge is 2.31. The van der Waals surface area contributed by atoms with Crippen LogP contribution >= 0.6 is 15.9 Å². The van der Waals surface area contributed by atoms with Crippen LogP contribution in [-0.4, -0.2) is 32.3 Å². The molecule has 0 aromatic heterocycles. The van der Waals surface area contributed by atoms with E-state index in [1.807, 2.05) is 24.3 Å². The van der Waals surface area contributed by atoms with E-state index in [1.165, 1.54) is 0 Å². The van der Waals surface area contributed by atoms with Crippen molar-refractivity contribution in [3.05, 3.63) is 28.7 Å². The number of ether oxygens (including phenoxy) is 1. The number of benzene rings is 1. The zero-order valence-corrected chi connectivity index (χ0v) is 12.2. The van der Waals surface area contributed by atoms with Crippen molar-refractivity contribution >= 4 is 27.6 Å². The van der Waals surface area contributed by atoms with Crippen molar-refractivity contribution in [3.8, 4) is 0 Å². The van der Waals surface area contributed by atoms with Gasteiger partial charge in [-0.25, -0.2) is 0 Å². The largest absolute Gasteiger partial charge is 0.384 e. The molecule has 0 amide bonds. The fourth-order valence-electron chi connectivity index (χ4n) is 2.25. The Kier molecular flexibility index (Phi) is 4.24. The number of methoxy groups -OCH3 is 1. The Morgan fingerprint density at radius 1 is 1.50 bits per heavy atom. The summed E-state index contributed by atoms with van der Waals surface area (Å²) in [5, 5.41) is 0. The van der Waals surface area contributed by atoms with Gasteiger partial charge >= 0.3 is 0 Å². The van der Waals surface area contributed by atoms with E-state index in [4.69, 9.17) is 10.5 Å². The summed E-state index contributed by atoms with van der Waals surface area (Å²) in [5.41, 5.74) is 7.07. The molecule has 0 bridgehead atoms. The molecule has 2 atom stereocenters. The second-order valence-corrected chi connectivity index (χ2v) is 5.46. The number of halogens is 1. The van der Waals surface area contributed by atoms with Crippen molar-refractivity contribution < 1.29 is 4.74 Å². The molecule has 4 nitrogen and oxygen atoms in total. The standard InChI is InChI=1S/C13H18BrN3O/c1-9(8-18-2)12-7-16-13(15)17(12)11-5-3-10(14)4-6-11/h3-6,9,12H,7-8H2,1-2H3,(H2,15,16). The molecule has 2 unspecified atom stereocenters. The monoisotopic (exact) mass is 311 g/mol. The number of nitrogens with zero attached hydrogens (tertiary/aromatic N) is 2. The van der Waals surface area contributed by atoms with Gasteiger partial charge in [-0.15, -0.1) is 0 Å². The average Bonchev–Trinajstić information content (AvgIpc) is 2.73. The highest BCUT2D eigenvalue weighted by atomic mass is 79.9. The number of rotatable bonds is 4. The first-order valence-corrected chi connectivity index (χ1v) is 6.76. The van der Waals surface area contributed by atoms with Gasteiger partial charge in [0.25, 0.3) is 0 Å². The number of hydrogen-bond acceptors (Lipinski definition) is 4. The lowest BCUT2D eigenvalue weighted by molar-refractivity contribution is 0.150. The summed E-state index contributed by atoms with van der Waals surface area (Å²) in [5.74, 6) is 0.966. The predicted molar refractivity (Wildman–Crippen MR) is 77.9 cm³/mol. The number of hydrogen-bond donors (Lipinski definition) is 1. The van der Waals surface area contributed by atoms with Crippen LogP contribution in [0.5, 0.6) is 0 Å². The highest BCUT2D eigenvalue weighted by Crippen LogP contribution is 2.26. The van der Waals surface area contributed by atoms with Gasteiger partial charge < -0.3 is 15.4 Å². The Labute approximate surface area is 116 Å². The van der Waals surface area contributed by atoms with Crippen LogP contribution in [0.4, 0.5) is 5.69 Å². The zero-order valence-electron chi connectivity index (χ0n) is 10.6. The van der Waals surface area contributed by atoms with Crippen molar-refractivity contribution in [3.63, 3.8) is 0 Å². The fraction of sp³-hybridized carbons (Fsp3) is 0.462. The number of aliphatic imine (C=N–C) groups is 1. The topological polar surface area (TPSA) is 50.9 Å². The molecule has 0 radical (unpaired) electrons. The third-order valence-corrected chi connectivity index (χ3v) is 3.74. The maximum absolute atomic E-state index is 6.00. The lowest BCUT2D eigenvalue weighted by Crippen LogP contribution is -2.45. The average molecular weight is 312 g/mol. The first-order chi connectivity index (χ1) is 8.63. The molecule has 5 heteroatoms. The Morgan fingerprint density at radius 3 is 2.78 bits per heavy atom. The number of guanidine groups is 1. The summed E-state index contributed by atoms with van der Waals surface area (Å²) in [4.78, 5) is 6.45. The summed E-state index contributed by atoms with van der Waals surface area (Å²) >= 11 is 3.44. The second kappa shape index (κ2) is 5.71. The SMILES string of the molecule is COCC(C)C1CN=C(N)N1c1ccc(Br)cc1. The predicted octanol–water partition coefficient (Wildman–Crippen LogP) is 2.23. The third kappa shape index (κ3) is 2.67. The summed E-state index contributed by atoms with van der Waals surface area (Å²) < 4.78 is 6.29. The van der Waals surface area contributed by atoms with Gasteiger partial charge in [0.15, 0.2) is 5.96 Å². The Morgan fingerprint density at radius 2 is 2.17 bits per heavy atom. The lowest BCUT2D eigenvalue weighted by Gasteiger charge is -2.30. The molecule has 0 aliphatic carbocycles. The van der Waals surface area contributed by atoms with Crippen LogP contribution in [0.15, 0.2) is 33.7 Å². The van der Waals surface area contributed by atoms with Gasteiger partial charge in [-0.2, -0.15) is 0 Å². The normalized spacial score (nSPS) is 20.9. The molecule has 1 aliphatic rings. The van der Waals surface area contributed by atoms with Crippen molar-refractivity contribution in [2.45, 2.75) is 13.0 Å². The molecule has 0 saturated carbocycles. The number of anilines is 1. The zero-order chi connectivity index (χ0) is 13.1. The smallest absolute Gasteiger partial charge is 0.196 e. The molecule has 98 valence electrons. The molecular weight excluding hydrogens is 294 g/mol. The first kappa shape index (κ1) is 13.4. The summed E-state index contributed by atoms with van der Waals surface area (Å²) in [6, 6.07) is 8.39. The third-order valence-electron chi connectivity index (χ3n) is 3.21. The molecule has 2 N–H and O–H groups in total. The van der Waals surface area contributed by atoms with E-state index < -0.39 is 0 Å². The van der Waals surface area contributed by atoms with E-state index in [1.54, 1.807) is 7.11 Å². The molecule has 1 aromatic carbocycles. The summed E-state index contributed by atoms with van der Waals surface area (Å²) in [6.45, 7) is 3.60. The van der Waals surface area contributed by atoms with Crippen molar-refractivity contribution in [1.82, 2.24) is 0 Å². The van der Waals surface area contributed by atoms with Gasteiger partial charge in [0.1, 0.15) is 0 Å². The van der Waals surface area contributed by atoms with Crippen molar-refractivity contribution in [2.75, 3.05) is 25.2 Å². The van der Waals surface area contributed by atoms with E-state index in [0.29, 0.717) is 18.5 Å². The van der Waals surface area contributed by atoms with Crippen LogP contribution in [0.3, 0.4) is 0 Å². The van der Waals surface area contributed by atoms with Gasteiger partial charge in [-0.3, -0.25) is 4.99 Å². The molecule has 0 saturated heterocycles. The first-order valence-electron chi connectivity index (χ1n) is 5.97. The molecule has 0 fully saturated rings. The maximum Gasteiger partial charge on any atom is 0.196 e. The van der Waals surface area contributed by atoms with Gasteiger partial charge in [0.05, 0.1) is 19.2 Å². The molecule has 0 spiro atoms. The Balaban J connectivity index is 2.22. The Bertz CT molecular complexity index is 432. The van der Waals surface area contributed by atoms with Crippen molar-refractivity contribution in [1.29, 1.82) is 0 Å². The van der Waals surface area contributed by atoms with Crippen LogP contribution in [0.2, 0.25) is 0 Å². The summed E-state index contributed by atoms with van der Waals surface area (Å²) in [7, 11) is 1.72. The molecule has 1 heterocycles. The maximum atomic E-state index is 6.00. The van der Waals surface area contributed by atoms with Gasteiger partial charge in [0, 0.05) is 23.2 Å². The van der Waals surface area contributed by atoms with Crippen LogP contribution < -0.4 is 10.6 Å². The van der Waals surface area contributed by atoms with Crippen LogP contribution in [0, 0.1) is 5.92 Å². The molecular formula is C13H18BrN3O. The number of nitrogens with two attached hydrogens (primary N) is 1.